The Kier molecular flexibility index (Phi) is 6.83. The fourth-order valence-electron chi connectivity index (χ4n) is 5.68. The van der Waals surface area contributed by atoms with Gasteiger partial charge in [-0.15, -0.1) is 0 Å². The lowest BCUT2D eigenvalue weighted by Crippen LogP contribution is -2.55. The van der Waals surface area contributed by atoms with E-state index in [0.717, 1.165) is 49.6 Å². The first kappa shape index (κ1) is 22.2. The molecule has 3 aliphatic heterocycles. The largest absolute Gasteiger partial charge is 0.468 e. The molecule has 2 bridgehead atoms. The molecule has 33 heavy (non-hydrogen) atoms. The third-order valence-corrected chi connectivity index (χ3v) is 7.63. The zero-order chi connectivity index (χ0) is 22.6. The molecule has 0 aliphatic carbocycles. The summed E-state index contributed by atoms with van der Waals surface area (Å²) in [6.07, 6.45) is 10.1. The number of furan rings is 1. The summed E-state index contributed by atoms with van der Waals surface area (Å²) < 4.78 is 5.46. The van der Waals surface area contributed by atoms with Crippen LogP contribution >= 0.6 is 0 Å². The van der Waals surface area contributed by atoms with E-state index in [9.17, 15) is 0 Å². The van der Waals surface area contributed by atoms with E-state index in [1.165, 1.54) is 30.8 Å². The van der Waals surface area contributed by atoms with E-state index in [-0.39, 0.29) is 0 Å². The van der Waals surface area contributed by atoms with E-state index in [2.05, 4.69) is 35.1 Å². The number of nitrogens with one attached hydrogen (secondary N) is 1. The molecule has 3 aromatic heterocycles. The fraction of sp³-hybridized carbons (Fsp3) is 0.519. The maximum absolute atomic E-state index is 5.46. The van der Waals surface area contributed by atoms with Crippen molar-refractivity contribution in [2.45, 2.75) is 64.0 Å². The van der Waals surface area contributed by atoms with Crippen LogP contribution < -0.4 is 5.32 Å². The minimum atomic E-state index is 0.479. The van der Waals surface area contributed by atoms with Crippen molar-refractivity contribution >= 4 is 0 Å². The summed E-state index contributed by atoms with van der Waals surface area (Å²) in [4.78, 5) is 17.0. The Morgan fingerprint density at radius 3 is 2.70 bits per heavy atom. The molecule has 0 radical (unpaired) electrons. The van der Waals surface area contributed by atoms with Gasteiger partial charge in [0.25, 0.3) is 0 Å². The predicted molar refractivity (Wildman–Crippen MR) is 130 cm³/mol. The monoisotopic (exact) mass is 445 g/mol. The molecule has 3 saturated heterocycles. The van der Waals surface area contributed by atoms with Crippen molar-refractivity contribution in [2.24, 2.45) is 5.92 Å². The lowest BCUT2D eigenvalue weighted by atomic mass is 9.74. The second-order valence-corrected chi connectivity index (χ2v) is 9.54. The van der Waals surface area contributed by atoms with E-state index >= 15 is 0 Å². The van der Waals surface area contributed by atoms with Gasteiger partial charge in [0.15, 0.2) is 5.82 Å². The molecule has 0 amide bonds. The Morgan fingerprint density at radius 2 is 2.00 bits per heavy atom. The van der Waals surface area contributed by atoms with Crippen LogP contribution in [0, 0.1) is 5.92 Å². The molecular formula is C27H35N5O. The highest BCUT2D eigenvalue weighted by Gasteiger charge is 2.41. The molecule has 6 heterocycles. The summed E-state index contributed by atoms with van der Waals surface area (Å²) in [6.45, 7) is 8.61. The van der Waals surface area contributed by atoms with E-state index in [0.29, 0.717) is 23.8 Å². The van der Waals surface area contributed by atoms with Crippen LogP contribution in [-0.4, -0.2) is 45.5 Å². The van der Waals surface area contributed by atoms with Gasteiger partial charge in [0.05, 0.1) is 12.8 Å². The van der Waals surface area contributed by atoms with Crippen LogP contribution in [0.5, 0.6) is 0 Å². The van der Waals surface area contributed by atoms with Crippen LogP contribution in [-0.2, 0) is 6.54 Å². The lowest BCUT2D eigenvalue weighted by molar-refractivity contribution is 0.0290. The van der Waals surface area contributed by atoms with Crippen LogP contribution in [0.25, 0.3) is 11.4 Å². The second-order valence-electron chi connectivity index (χ2n) is 9.54. The highest BCUT2D eigenvalue weighted by Crippen LogP contribution is 2.42. The SMILES string of the molecule is CCC(CC)c1cc([C@H]2CN3CC[C@H]2C[C@@H]3CNCc2ccco2)nc(-c2ccncc2)n1. The zero-order valence-corrected chi connectivity index (χ0v) is 19.8. The van der Waals surface area contributed by atoms with E-state index in [4.69, 9.17) is 14.4 Å². The fourth-order valence-corrected chi connectivity index (χ4v) is 5.68. The summed E-state index contributed by atoms with van der Waals surface area (Å²) in [7, 11) is 0. The average Bonchev–Trinajstić information content (AvgIpc) is 3.39. The number of rotatable bonds is 9. The van der Waals surface area contributed by atoms with E-state index in [1.54, 1.807) is 6.26 Å². The third kappa shape index (κ3) is 4.87. The summed E-state index contributed by atoms with van der Waals surface area (Å²) in [6, 6.07) is 10.9. The van der Waals surface area contributed by atoms with Gasteiger partial charge in [0.1, 0.15) is 5.76 Å². The van der Waals surface area contributed by atoms with E-state index < -0.39 is 0 Å². The van der Waals surface area contributed by atoms with Crippen molar-refractivity contribution in [3.8, 4) is 11.4 Å². The molecule has 6 nitrogen and oxygen atoms in total. The Morgan fingerprint density at radius 1 is 1.15 bits per heavy atom. The summed E-state index contributed by atoms with van der Waals surface area (Å²) in [5.41, 5.74) is 3.49. The summed E-state index contributed by atoms with van der Waals surface area (Å²) in [5.74, 6) is 3.50. The Balaban J connectivity index is 1.35. The minimum absolute atomic E-state index is 0.479. The Bertz CT molecular complexity index is 1020. The molecule has 1 N–H and O–H groups in total. The van der Waals surface area contributed by atoms with Gasteiger partial charge in [-0.3, -0.25) is 9.88 Å². The quantitative estimate of drug-likeness (QED) is 0.500. The van der Waals surface area contributed by atoms with Gasteiger partial charge in [0, 0.05) is 60.3 Å². The molecule has 3 aromatic rings. The van der Waals surface area contributed by atoms with Gasteiger partial charge >= 0.3 is 0 Å². The van der Waals surface area contributed by atoms with Crippen molar-refractivity contribution in [3.63, 3.8) is 0 Å². The Hall–Kier alpha value is -2.57. The van der Waals surface area contributed by atoms with Crippen molar-refractivity contribution < 1.29 is 4.42 Å². The van der Waals surface area contributed by atoms with Gasteiger partial charge < -0.3 is 9.73 Å². The predicted octanol–water partition coefficient (Wildman–Crippen LogP) is 5.00. The smallest absolute Gasteiger partial charge is 0.159 e. The van der Waals surface area contributed by atoms with Gasteiger partial charge in [0.2, 0.25) is 0 Å². The van der Waals surface area contributed by atoms with Crippen LogP contribution in [0.3, 0.4) is 0 Å². The lowest BCUT2D eigenvalue weighted by Gasteiger charge is -2.50. The molecule has 4 atom stereocenters. The van der Waals surface area contributed by atoms with Crippen LogP contribution in [0.1, 0.15) is 68.5 Å². The number of aromatic nitrogens is 3. The number of nitrogens with zero attached hydrogens (tertiary/aromatic N) is 4. The normalized spacial score (nSPS) is 24.5. The number of hydrogen-bond donors (Lipinski definition) is 1. The molecule has 174 valence electrons. The second kappa shape index (κ2) is 10.1. The van der Waals surface area contributed by atoms with E-state index in [1.807, 2.05) is 36.7 Å². The number of piperidine rings is 3. The van der Waals surface area contributed by atoms with Gasteiger partial charge in [-0.2, -0.15) is 0 Å². The molecule has 1 unspecified atom stereocenters. The van der Waals surface area contributed by atoms with Crippen molar-refractivity contribution in [2.75, 3.05) is 19.6 Å². The summed E-state index contributed by atoms with van der Waals surface area (Å²) >= 11 is 0. The minimum Gasteiger partial charge on any atom is -0.468 e. The number of fused-ring (bicyclic) bond motifs is 3. The number of pyridine rings is 1. The van der Waals surface area contributed by atoms with Crippen LogP contribution in [0.4, 0.5) is 0 Å². The average molecular weight is 446 g/mol. The molecule has 0 aromatic carbocycles. The maximum Gasteiger partial charge on any atom is 0.159 e. The molecule has 3 fully saturated rings. The third-order valence-electron chi connectivity index (χ3n) is 7.63. The molecule has 0 spiro atoms. The molecule has 6 rings (SSSR count). The first-order valence-corrected chi connectivity index (χ1v) is 12.5. The van der Waals surface area contributed by atoms with Gasteiger partial charge in [-0.1, -0.05) is 13.8 Å². The first-order chi connectivity index (χ1) is 16.2. The zero-order valence-electron chi connectivity index (χ0n) is 19.8. The van der Waals surface area contributed by atoms with Crippen molar-refractivity contribution in [1.29, 1.82) is 0 Å². The van der Waals surface area contributed by atoms with Crippen molar-refractivity contribution in [1.82, 2.24) is 25.2 Å². The standard InChI is InChI=1S/C27H35N5O/c1-3-19(4-2)25-15-26(31-27(30-25)20-7-10-28-11-8-20)24-18-32-12-9-21(24)14-22(32)16-29-17-23-6-5-13-33-23/h5-8,10-11,13,15,19,21-22,24,29H,3-4,9,12,14,16-18H2,1-2H3/t21-,22+,24-/m0/s1. The van der Waals surface area contributed by atoms with Crippen molar-refractivity contribution in [3.05, 3.63) is 66.1 Å². The highest BCUT2D eigenvalue weighted by atomic mass is 16.3. The molecular weight excluding hydrogens is 410 g/mol. The first-order valence-electron chi connectivity index (χ1n) is 12.5. The maximum atomic E-state index is 5.46. The van der Waals surface area contributed by atoms with Gasteiger partial charge in [-0.05, 0) is 68.5 Å². The number of hydrogen-bond acceptors (Lipinski definition) is 6. The molecule has 3 aliphatic rings. The molecule has 6 heteroatoms. The van der Waals surface area contributed by atoms with Gasteiger partial charge in [-0.25, -0.2) is 9.97 Å². The summed E-state index contributed by atoms with van der Waals surface area (Å²) in [5, 5.41) is 3.60. The topological polar surface area (TPSA) is 67.1 Å². The highest BCUT2D eigenvalue weighted by molar-refractivity contribution is 5.54. The van der Waals surface area contributed by atoms with Crippen LogP contribution in [0.2, 0.25) is 0 Å². The van der Waals surface area contributed by atoms with Crippen LogP contribution in [0.15, 0.2) is 53.4 Å². The Labute approximate surface area is 196 Å². The molecule has 0 saturated carbocycles.